The molecular weight excluding hydrogens is 412 g/mol. The van der Waals surface area contributed by atoms with E-state index in [4.69, 9.17) is 14.2 Å². The lowest BCUT2D eigenvalue weighted by molar-refractivity contribution is -0.319. The van der Waals surface area contributed by atoms with E-state index >= 15 is 0 Å². The molecule has 1 heterocycles. The number of benzene rings is 1. The topological polar surface area (TPSA) is 166 Å². The predicted molar refractivity (Wildman–Crippen MR) is 106 cm³/mol. The second kappa shape index (κ2) is 10.4. The number of carbonyl (C=O) groups excluding carboxylic acids is 1. The molecule has 2 aliphatic rings. The van der Waals surface area contributed by atoms with Crippen molar-refractivity contribution in [3.63, 3.8) is 0 Å². The molecule has 1 aliphatic carbocycles. The first-order valence-corrected chi connectivity index (χ1v) is 10.2. The highest BCUT2D eigenvalue weighted by molar-refractivity contribution is 5.87. The molecule has 31 heavy (non-hydrogen) atoms. The van der Waals surface area contributed by atoms with E-state index in [0.717, 1.165) is 18.9 Å². The van der Waals surface area contributed by atoms with Crippen LogP contribution in [-0.2, 0) is 19.0 Å². The Morgan fingerprint density at radius 3 is 2.52 bits per heavy atom. The minimum atomic E-state index is -1.55. The van der Waals surface area contributed by atoms with Gasteiger partial charge in [0.05, 0.1) is 18.8 Å². The molecule has 2 fully saturated rings. The van der Waals surface area contributed by atoms with E-state index in [-0.39, 0.29) is 11.5 Å². The second-order valence-electron chi connectivity index (χ2n) is 7.72. The molecule has 10 nitrogen and oxygen atoms in total. The summed E-state index contributed by atoms with van der Waals surface area (Å²) in [6.45, 7) is -0.600. The van der Waals surface area contributed by atoms with Crippen molar-refractivity contribution < 1.29 is 49.6 Å². The number of aliphatic hydroxyl groups excluding tert-OH is 4. The highest BCUT2D eigenvalue weighted by Crippen LogP contribution is 2.29. The SMILES string of the molecule is O=C(C=Cc1ccc(O)c(O)c1)O[C@H]1[C@@H](O)[C@H](O[C@H]2CCCC[C@H]2O)O[C@H](CO)[C@H]1O. The molecule has 3 rings (SSSR count). The number of aliphatic hydroxyl groups is 4. The standard InChI is InChI=1S/C21H28O10/c22-10-16-18(27)20(19(28)21(30-16)29-15-4-2-1-3-13(15)24)31-17(26)8-6-11-5-7-12(23)14(25)9-11/h5-9,13,15-16,18-25,27-28H,1-4,10H2/t13-,15+,16-,18-,19-,20-,21-/m1/s1. The third kappa shape index (κ3) is 5.73. The Labute approximate surface area is 178 Å². The van der Waals surface area contributed by atoms with Gasteiger partial charge in [0.25, 0.3) is 0 Å². The molecular formula is C21H28O10. The van der Waals surface area contributed by atoms with Crippen LogP contribution in [0.2, 0.25) is 0 Å². The number of aromatic hydroxyl groups is 2. The average Bonchev–Trinajstić information content (AvgIpc) is 2.75. The Balaban J connectivity index is 1.67. The van der Waals surface area contributed by atoms with Gasteiger partial charge in [-0.15, -0.1) is 0 Å². The fourth-order valence-electron chi connectivity index (χ4n) is 3.69. The van der Waals surface area contributed by atoms with Crippen molar-refractivity contribution in [3.8, 4) is 11.5 Å². The molecule has 0 radical (unpaired) electrons. The van der Waals surface area contributed by atoms with Gasteiger partial charge >= 0.3 is 5.97 Å². The van der Waals surface area contributed by atoms with Crippen molar-refractivity contribution >= 4 is 12.0 Å². The monoisotopic (exact) mass is 440 g/mol. The summed E-state index contributed by atoms with van der Waals surface area (Å²) < 4.78 is 16.3. The zero-order chi connectivity index (χ0) is 22.5. The Kier molecular flexibility index (Phi) is 7.87. The number of hydrogen-bond donors (Lipinski definition) is 6. The van der Waals surface area contributed by atoms with Gasteiger partial charge in [-0.3, -0.25) is 0 Å². The molecule has 6 N–H and O–H groups in total. The third-order valence-corrected chi connectivity index (χ3v) is 5.46. The fourth-order valence-corrected chi connectivity index (χ4v) is 3.69. The first-order chi connectivity index (χ1) is 14.8. The van der Waals surface area contributed by atoms with Gasteiger partial charge in [-0.05, 0) is 36.6 Å². The maximum atomic E-state index is 12.2. The fraction of sp³-hybridized carbons (Fsp3) is 0.571. The van der Waals surface area contributed by atoms with Crippen molar-refractivity contribution in [1.82, 2.24) is 0 Å². The van der Waals surface area contributed by atoms with E-state index in [0.29, 0.717) is 18.4 Å². The molecule has 1 aromatic rings. The lowest BCUT2D eigenvalue weighted by Gasteiger charge is -2.43. The zero-order valence-corrected chi connectivity index (χ0v) is 16.8. The molecule has 0 aromatic heterocycles. The molecule has 1 aliphatic heterocycles. The summed E-state index contributed by atoms with van der Waals surface area (Å²) in [4.78, 5) is 12.2. The van der Waals surface area contributed by atoms with Crippen LogP contribution in [-0.4, -0.2) is 86.1 Å². The van der Waals surface area contributed by atoms with E-state index in [1.807, 2.05) is 0 Å². The Morgan fingerprint density at radius 2 is 1.84 bits per heavy atom. The summed E-state index contributed by atoms with van der Waals surface area (Å²) >= 11 is 0. The maximum absolute atomic E-state index is 12.2. The molecule has 1 saturated carbocycles. The Bertz CT molecular complexity index is 781. The number of carbonyl (C=O) groups is 1. The molecule has 0 bridgehead atoms. The van der Waals surface area contributed by atoms with E-state index in [2.05, 4.69) is 0 Å². The molecule has 172 valence electrons. The maximum Gasteiger partial charge on any atom is 0.331 e. The summed E-state index contributed by atoms with van der Waals surface area (Å²) in [6.07, 6.45) is -3.14. The van der Waals surface area contributed by atoms with Crippen LogP contribution in [0.4, 0.5) is 0 Å². The summed E-state index contributed by atoms with van der Waals surface area (Å²) in [6, 6.07) is 3.94. The number of ether oxygens (including phenoxy) is 3. The van der Waals surface area contributed by atoms with Crippen LogP contribution >= 0.6 is 0 Å². The zero-order valence-electron chi connectivity index (χ0n) is 16.8. The average molecular weight is 440 g/mol. The van der Waals surface area contributed by atoms with Gasteiger partial charge in [-0.1, -0.05) is 18.9 Å². The van der Waals surface area contributed by atoms with Gasteiger partial charge in [0, 0.05) is 6.08 Å². The van der Waals surface area contributed by atoms with Crippen molar-refractivity contribution in [1.29, 1.82) is 0 Å². The first-order valence-electron chi connectivity index (χ1n) is 10.2. The molecule has 0 spiro atoms. The number of rotatable bonds is 6. The van der Waals surface area contributed by atoms with Crippen molar-refractivity contribution in [2.75, 3.05) is 6.61 Å². The molecule has 0 unspecified atom stereocenters. The van der Waals surface area contributed by atoms with Gasteiger partial charge < -0.3 is 44.8 Å². The van der Waals surface area contributed by atoms with Gasteiger partial charge in [0.2, 0.25) is 0 Å². The summed E-state index contributed by atoms with van der Waals surface area (Å²) in [5, 5.41) is 59.4. The highest BCUT2D eigenvalue weighted by Gasteiger charge is 2.48. The van der Waals surface area contributed by atoms with E-state index in [1.54, 1.807) is 0 Å². The number of phenolic OH excluding ortho intramolecular Hbond substituents is 2. The normalized spacial score (nSPS) is 34.0. The largest absolute Gasteiger partial charge is 0.504 e. The summed E-state index contributed by atoms with van der Waals surface area (Å²) in [5.74, 6) is -1.57. The van der Waals surface area contributed by atoms with Crippen LogP contribution in [0.1, 0.15) is 31.2 Å². The first kappa shape index (κ1) is 23.5. The van der Waals surface area contributed by atoms with Crippen molar-refractivity contribution in [2.45, 2.75) is 68.6 Å². The van der Waals surface area contributed by atoms with Crippen LogP contribution < -0.4 is 0 Å². The van der Waals surface area contributed by atoms with Gasteiger partial charge in [-0.25, -0.2) is 4.79 Å². The van der Waals surface area contributed by atoms with Crippen molar-refractivity contribution in [2.24, 2.45) is 0 Å². The van der Waals surface area contributed by atoms with E-state index in [1.165, 1.54) is 24.3 Å². The Hall–Kier alpha value is -2.21. The summed E-state index contributed by atoms with van der Waals surface area (Å²) in [7, 11) is 0. The quantitative estimate of drug-likeness (QED) is 0.198. The molecule has 1 aromatic carbocycles. The second-order valence-corrected chi connectivity index (χ2v) is 7.72. The molecule has 7 atom stereocenters. The van der Waals surface area contributed by atoms with Crippen LogP contribution in [0.15, 0.2) is 24.3 Å². The molecule has 10 heteroatoms. The lowest BCUT2D eigenvalue weighted by Crippen LogP contribution is -2.61. The van der Waals surface area contributed by atoms with E-state index < -0.39 is 55.5 Å². The van der Waals surface area contributed by atoms with E-state index in [9.17, 15) is 35.4 Å². The molecule has 0 amide bonds. The summed E-state index contributed by atoms with van der Waals surface area (Å²) in [5.41, 5.74) is 0.404. The predicted octanol–water partition coefficient (Wildman–Crippen LogP) is -0.218. The number of esters is 1. The molecule has 1 saturated heterocycles. The van der Waals surface area contributed by atoms with Gasteiger partial charge in [-0.2, -0.15) is 0 Å². The van der Waals surface area contributed by atoms with Gasteiger partial charge in [0.1, 0.15) is 18.3 Å². The van der Waals surface area contributed by atoms with Crippen LogP contribution in [0.25, 0.3) is 6.08 Å². The van der Waals surface area contributed by atoms with Crippen LogP contribution in [0.3, 0.4) is 0 Å². The lowest BCUT2D eigenvalue weighted by atomic mass is 9.94. The van der Waals surface area contributed by atoms with Crippen molar-refractivity contribution in [3.05, 3.63) is 29.8 Å². The van der Waals surface area contributed by atoms with Gasteiger partial charge in [0.15, 0.2) is 23.9 Å². The van der Waals surface area contributed by atoms with Crippen LogP contribution in [0, 0.1) is 0 Å². The highest BCUT2D eigenvalue weighted by atomic mass is 16.7. The Morgan fingerprint density at radius 1 is 1.10 bits per heavy atom. The third-order valence-electron chi connectivity index (χ3n) is 5.46. The minimum absolute atomic E-state index is 0.308. The number of phenols is 2. The van der Waals surface area contributed by atoms with Crippen LogP contribution in [0.5, 0.6) is 11.5 Å². The number of hydrogen-bond acceptors (Lipinski definition) is 10. The smallest absolute Gasteiger partial charge is 0.331 e. The minimum Gasteiger partial charge on any atom is -0.504 e.